The number of carboxylic acid groups (broad SMARTS) is 1. The Kier molecular flexibility index (Phi) is 5.08. The maximum Gasteiger partial charge on any atom is 0.321 e. The van der Waals surface area contributed by atoms with Crippen LogP contribution in [0.15, 0.2) is 17.0 Å². The fourth-order valence-electron chi connectivity index (χ4n) is 1.28. The highest BCUT2D eigenvalue weighted by molar-refractivity contribution is 7.89. The van der Waals surface area contributed by atoms with Gasteiger partial charge in [-0.25, -0.2) is 8.42 Å². The standard InChI is InChI=1S/C10H10Cl3NO4S/c1-5(10(15)16)14(2)19(17,18)9-7(12)3-6(11)4-8(9)13/h3-5H,1-2H3,(H,15,16). The lowest BCUT2D eigenvalue weighted by Gasteiger charge is -2.22. The van der Waals surface area contributed by atoms with Crippen molar-refractivity contribution in [3.8, 4) is 0 Å². The van der Waals surface area contributed by atoms with Crippen LogP contribution in [0.2, 0.25) is 15.1 Å². The highest BCUT2D eigenvalue weighted by Crippen LogP contribution is 2.34. The average Bonchev–Trinajstić information content (AvgIpc) is 2.24. The molecule has 19 heavy (non-hydrogen) atoms. The van der Waals surface area contributed by atoms with Crippen molar-refractivity contribution in [2.75, 3.05) is 7.05 Å². The summed E-state index contributed by atoms with van der Waals surface area (Å²) in [5.74, 6) is -1.28. The molecule has 0 bridgehead atoms. The number of nitrogens with zero attached hydrogens (tertiary/aromatic N) is 1. The Hall–Kier alpha value is -0.530. The lowest BCUT2D eigenvalue weighted by molar-refractivity contribution is -0.140. The number of carbonyl (C=O) groups is 1. The molecule has 0 heterocycles. The van der Waals surface area contributed by atoms with Gasteiger partial charge in [0.25, 0.3) is 0 Å². The molecule has 0 saturated carbocycles. The minimum absolute atomic E-state index is 0.165. The lowest BCUT2D eigenvalue weighted by Crippen LogP contribution is -2.40. The number of likely N-dealkylation sites (N-methyl/N-ethyl adjacent to an activating group) is 1. The molecule has 0 saturated heterocycles. The van der Waals surface area contributed by atoms with Crippen LogP contribution >= 0.6 is 34.8 Å². The number of hydrogen-bond acceptors (Lipinski definition) is 3. The van der Waals surface area contributed by atoms with Gasteiger partial charge in [0.1, 0.15) is 10.9 Å². The molecule has 106 valence electrons. The molecule has 1 aromatic rings. The molecule has 1 atom stereocenters. The summed E-state index contributed by atoms with van der Waals surface area (Å²) >= 11 is 17.3. The van der Waals surface area contributed by atoms with Crippen molar-refractivity contribution in [1.29, 1.82) is 0 Å². The molecule has 9 heteroatoms. The molecule has 0 fully saturated rings. The Morgan fingerprint density at radius 1 is 1.26 bits per heavy atom. The summed E-state index contributed by atoms with van der Waals surface area (Å²) in [6.07, 6.45) is 0. The number of benzene rings is 1. The second kappa shape index (κ2) is 5.85. The quantitative estimate of drug-likeness (QED) is 0.909. The van der Waals surface area contributed by atoms with E-state index in [1.807, 2.05) is 0 Å². The van der Waals surface area contributed by atoms with Crippen LogP contribution in [0.3, 0.4) is 0 Å². The van der Waals surface area contributed by atoms with E-state index < -0.39 is 22.0 Å². The van der Waals surface area contributed by atoms with Gasteiger partial charge in [-0.05, 0) is 19.1 Å². The van der Waals surface area contributed by atoms with Gasteiger partial charge >= 0.3 is 5.97 Å². The SMILES string of the molecule is CC(C(=O)O)N(C)S(=O)(=O)c1c(Cl)cc(Cl)cc1Cl. The van der Waals surface area contributed by atoms with Gasteiger partial charge in [0.05, 0.1) is 10.0 Å². The highest BCUT2D eigenvalue weighted by atomic mass is 35.5. The van der Waals surface area contributed by atoms with E-state index in [0.717, 1.165) is 7.05 Å². The first-order valence-electron chi connectivity index (χ1n) is 4.94. The zero-order chi connectivity index (χ0) is 15.0. The summed E-state index contributed by atoms with van der Waals surface area (Å²) in [5.41, 5.74) is 0. The third-order valence-electron chi connectivity index (χ3n) is 2.50. The smallest absolute Gasteiger partial charge is 0.321 e. The first-order chi connectivity index (χ1) is 8.59. The molecular formula is C10H10Cl3NO4S. The van der Waals surface area contributed by atoms with Gasteiger partial charge in [0.2, 0.25) is 10.0 Å². The second-order valence-corrected chi connectivity index (χ2v) is 6.92. The number of carboxylic acids is 1. The Labute approximate surface area is 125 Å². The molecule has 5 nitrogen and oxygen atoms in total. The first kappa shape index (κ1) is 16.5. The Morgan fingerprint density at radius 3 is 2.05 bits per heavy atom. The fraction of sp³-hybridized carbons (Fsp3) is 0.300. The van der Waals surface area contributed by atoms with Crippen LogP contribution < -0.4 is 0 Å². The first-order valence-corrected chi connectivity index (χ1v) is 7.51. The van der Waals surface area contributed by atoms with Crippen LogP contribution in [-0.2, 0) is 14.8 Å². The zero-order valence-electron chi connectivity index (χ0n) is 9.89. The van der Waals surface area contributed by atoms with Crippen LogP contribution in [0.25, 0.3) is 0 Å². The number of halogens is 3. The van der Waals surface area contributed by atoms with Gasteiger partial charge in [-0.2, -0.15) is 4.31 Å². The number of sulfonamides is 1. The monoisotopic (exact) mass is 345 g/mol. The van der Waals surface area contributed by atoms with E-state index >= 15 is 0 Å². The maximum absolute atomic E-state index is 12.3. The molecule has 0 aromatic heterocycles. The molecule has 0 radical (unpaired) electrons. The van der Waals surface area contributed by atoms with Crippen molar-refractivity contribution >= 4 is 50.8 Å². The molecule has 0 amide bonds. The Bertz CT molecular complexity index is 594. The van der Waals surface area contributed by atoms with Crippen molar-refractivity contribution < 1.29 is 18.3 Å². The van der Waals surface area contributed by atoms with Crippen LogP contribution in [0.5, 0.6) is 0 Å². The van der Waals surface area contributed by atoms with Crippen LogP contribution in [0.4, 0.5) is 0 Å². The highest BCUT2D eigenvalue weighted by Gasteiger charge is 2.32. The van der Waals surface area contributed by atoms with Gasteiger partial charge in [0.15, 0.2) is 0 Å². The van der Waals surface area contributed by atoms with Crippen molar-refractivity contribution in [3.05, 3.63) is 27.2 Å². The van der Waals surface area contributed by atoms with E-state index in [1.165, 1.54) is 19.1 Å². The average molecular weight is 347 g/mol. The summed E-state index contributed by atoms with van der Waals surface area (Å²) in [4.78, 5) is 10.5. The number of rotatable bonds is 4. The van der Waals surface area contributed by atoms with E-state index in [-0.39, 0.29) is 20.0 Å². The summed E-state index contributed by atoms with van der Waals surface area (Å²) < 4.78 is 25.2. The molecule has 0 aliphatic carbocycles. The Balaban J connectivity index is 3.40. The summed E-state index contributed by atoms with van der Waals surface area (Å²) in [6, 6.07) is 1.19. The molecule has 0 spiro atoms. The maximum atomic E-state index is 12.3. The van der Waals surface area contributed by atoms with E-state index in [1.54, 1.807) is 0 Å². The van der Waals surface area contributed by atoms with Crippen molar-refractivity contribution in [2.45, 2.75) is 17.9 Å². The molecule has 0 aliphatic heterocycles. The molecule has 1 unspecified atom stereocenters. The molecule has 1 aromatic carbocycles. The zero-order valence-corrected chi connectivity index (χ0v) is 13.0. The van der Waals surface area contributed by atoms with Gasteiger partial charge in [-0.1, -0.05) is 34.8 Å². The van der Waals surface area contributed by atoms with Crippen LogP contribution in [0, 0.1) is 0 Å². The summed E-state index contributed by atoms with van der Waals surface area (Å²) in [5, 5.41) is 8.71. The van der Waals surface area contributed by atoms with Gasteiger partial charge in [0, 0.05) is 12.1 Å². The molecule has 1 rings (SSSR count). The predicted molar refractivity (Wildman–Crippen MR) is 73.5 cm³/mol. The molecule has 1 N–H and O–H groups in total. The van der Waals surface area contributed by atoms with Gasteiger partial charge in [-0.3, -0.25) is 4.79 Å². The van der Waals surface area contributed by atoms with E-state index in [2.05, 4.69) is 0 Å². The van der Waals surface area contributed by atoms with Crippen molar-refractivity contribution in [1.82, 2.24) is 4.31 Å². The van der Waals surface area contributed by atoms with E-state index in [4.69, 9.17) is 39.9 Å². The van der Waals surface area contributed by atoms with Crippen molar-refractivity contribution in [3.63, 3.8) is 0 Å². The van der Waals surface area contributed by atoms with Crippen LogP contribution in [-0.4, -0.2) is 36.9 Å². The summed E-state index contributed by atoms with van der Waals surface area (Å²) in [7, 11) is -3.00. The third-order valence-corrected chi connectivity index (χ3v) is 5.57. The number of hydrogen-bond donors (Lipinski definition) is 1. The van der Waals surface area contributed by atoms with Crippen LogP contribution in [0.1, 0.15) is 6.92 Å². The molecular weight excluding hydrogens is 337 g/mol. The summed E-state index contributed by atoms with van der Waals surface area (Å²) in [6.45, 7) is 1.23. The second-order valence-electron chi connectivity index (χ2n) is 3.73. The normalized spacial score (nSPS) is 13.6. The molecule has 0 aliphatic rings. The lowest BCUT2D eigenvalue weighted by atomic mass is 10.3. The van der Waals surface area contributed by atoms with Gasteiger partial charge < -0.3 is 5.11 Å². The predicted octanol–water partition coefficient (Wildman–Crippen LogP) is 2.74. The van der Waals surface area contributed by atoms with E-state index in [0.29, 0.717) is 4.31 Å². The fourth-order valence-corrected chi connectivity index (χ4v) is 4.09. The minimum Gasteiger partial charge on any atom is -0.480 e. The largest absolute Gasteiger partial charge is 0.480 e. The topological polar surface area (TPSA) is 74.7 Å². The van der Waals surface area contributed by atoms with Gasteiger partial charge in [-0.15, -0.1) is 0 Å². The minimum atomic E-state index is -4.13. The third kappa shape index (κ3) is 3.32. The Morgan fingerprint density at radius 2 is 1.68 bits per heavy atom. The van der Waals surface area contributed by atoms with Crippen molar-refractivity contribution in [2.24, 2.45) is 0 Å². The number of aliphatic carboxylic acids is 1. The van der Waals surface area contributed by atoms with E-state index in [9.17, 15) is 13.2 Å².